The lowest BCUT2D eigenvalue weighted by atomic mass is 10.2. The molecule has 108 valence electrons. The Kier molecular flexibility index (Phi) is 5.01. The summed E-state index contributed by atoms with van der Waals surface area (Å²) in [7, 11) is 1.61. The van der Waals surface area contributed by atoms with Gasteiger partial charge < -0.3 is 9.47 Å². The van der Waals surface area contributed by atoms with Crippen LogP contribution >= 0.6 is 11.6 Å². The largest absolute Gasteiger partial charge is 0.497 e. The minimum absolute atomic E-state index is 0.434. The normalized spacial score (nSPS) is 10.6. The SMILES string of the molecule is COc1ccc(C=CC(=O)Oc2ccc(Cl)cc2C)cc1. The third-order valence-electron chi connectivity index (χ3n) is 2.88. The van der Waals surface area contributed by atoms with Gasteiger partial charge in [-0.3, -0.25) is 0 Å². The van der Waals surface area contributed by atoms with E-state index in [2.05, 4.69) is 0 Å². The smallest absolute Gasteiger partial charge is 0.336 e. The molecular formula is C17H15ClO3. The van der Waals surface area contributed by atoms with E-state index in [0.717, 1.165) is 16.9 Å². The molecule has 0 fully saturated rings. The average molecular weight is 303 g/mol. The fraction of sp³-hybridized carbons (Fsp3) is 0.118. The van der Waals surface area contributed by atoms with E-state index in [1.54, 1.807) is 31.4 Å². The lowest BCUT2D eigenvalue weighted by molar-refractivity contribution is -0.128. The number of rotatable bonds is 4. The first kappa shape index (κ1) is 15.1. The zero-order valence-electron chi connectivity index (χ0n) is 11.8. The van der Waals surface area contributed by atoms with Crippen molar-refractivity contribution in [1.82, 2.24) is 0 Å². The summed E-state index contributed by atoms with van der Waals surface area (Å²) in [6.07, 6.45) is 3.07. The molecule has 0 atom stereocenters. The number of carbonyl (C=O) groups excluding carboxylic acids is 1. The van der Waals surface area contributed by atoms with Gasteiger partial charge in [-0.25, -0.2) is 4.79 Å². The number of aryl methyl sites for hydroxylation is 1. The third kappa shape index (κ3) is 4.36. The average Bonchev–Trinajstić information content (AvgIpc) is 2.48. The van der Waals surface area contributed by atoms with Gasteiger partial charge in [0.15, 0.2) is 0 Å². The maximum Gasteiger partial charge on any atom is 0.336 e. The molecule has 0 aliphatic rings. The van der Waals surface area contributed by atoms with Gasteiger partial charge in [0.05, 0.1) is 7.11 Å². The van der Waals surface area contributed by atoms with Gasteiger partial charge in [0.2, 0.25) is 0 Å². The summed E-state index contributed by atoms with van der Waals surface area (Å²) < 4.78 is 10.3. The first-order valence-electron chi connectivity index (χ1n) is 6.38. The van der Waals surface area contributed by atoms with Crippen molar-refractivity contribution in [2.24, 2.45) is 0 Å². The molecular weight excluding hydrogens is 288 g/mol. The summed E-state index contributed by atoms with van der Waals surface area (Å²) >= 11 is 5.85. The molecule has 0 heterocycles. The van der Waals surface area contributed by atoms with E-state index in [0.29, 0.717) is 10.8 Å². The molecule has 0 spiro atoms. The predicted octanol–water partition coefficient (Wildman–Crippen LogP) is 4.28. The Morgan fingerprint density at radius 1 is 1.14 bits per heavy atom. The second-order valence-corrected chi connectivity index (χ2v) is 4.87. The first-order valence-corrected chi connectivity index (χ1v) is 6.76. The van der Waals surface area contributed by atoms with E-state index in [-0.39, 0.29) is 0 Å². The highest BCUT2D eigenvalue weighted by Crippen LogP contribution is 2.22. The van der Waals surface area contributed by atoms with Crippen molar-refractivity contribution in [2.45, 2.75) is 6.92 Å². The Bertz CT molecular complexity index is 660. The van der Waals surface area contributed by atoms with Gasteiger partial charge in [-0.15, -0.1) is 0 Å². The molecule has 2 aromatic rings. The number of methoxy groups -OCH3 is 1. The number of benzene rings is 2. The summed E-state index contributed by atoms with van der Waals surface area (Å²) in [5.41, 5.74) is 1.70. The summed E-state index contributed by atoms with van der Waals surface area (Å²) in [5, 5.41) is 0.612. The molecule has 0 aliphatic carbocycles. The van der Waals surface area contributed by atoms with Crippen molar-refractivity contribution in [2.75, 3.05) is 7.11 Å². The Balaban J connectivity index is 2.01. The van der Waals surface area contributed by atoms with Crippen LogP contribution in [-0.2, 0) is 4.79 Å². The van der Waals surface area contributed by atoms with Crippen LogP contribution in [0.5, 0.6) is 11.5 Å². The molecule has 0 amide bonds. The number of carbonyl (C=O) groups is 1. The van der Waals surface area contributed by atoms with Crippen LogP contribution in [0.3, 0.4) is 0 Å². The van der Waals surface area contributed by atoms with E-state index in [9.17, 15) is 4.79 Å². The van der Waals surface area contributed by atoms with E-state index in [4.69, 9.17) is 21.1 Å². The molecule has 0 saturated heterocycles. The molecule has 0 saturated carbocycles. The van der Waals surface area contributed by atoms with Gasteiger partial charge in [0, 0.05) is 11.1 Å². The second-order valence-electron chi connectivity index (χ2n) is 4.44. The van der Waals surface area contributed by atoms with E-state index >= 15 is 0 Å². The summed E-state index contributed by atoms with van der Waals surface area (Å²) in [6, 6.07) is 12.5. The summed E-state index contributed by atoms with van der Waals surface area (Å²) in [6.45, 7) is 1.84. The zero-order valence-corrected chi connectivity index (χ0v) is 12.6. The van der Waals surface area contributed by atoms with Gasteiger partial charge in [0.1, 0.15) is 11.5 Å². The Hall–Kier alpha value is -2.26. The number of hydrogen-bond donors (Lipinski definition) is 0. The van der Waals surface area contributed by atoms with Crippen molar-refractivity contribution < 1.29 is 14.3 Å². The van der Waals surface area contributed by atoms with Gasteiger partial charge in [0.25, 0.3) is 0 Å². The number of halogens is 1. The van der Waals surface area contributed by atoms with E-state index < -0.39 is 5.97 Å². The van der Waals surface area contributed by atoms with Crippen LogP contribution in [0.25, 0.3) is 6.08 Å². The van der Waals surface area contributed by atoms with Crippen LogP contribution in [0.15, 0.2) is 48.5 Å². The lowest BCUT2D eigenvalue weighted by Crippen LogP contribution is -2.04. The van der Waals surface area contributed by atoms with Crippen molar-refractivity contribution in [3.05, 3.63) is 64.7 Å². The maximum absolute atomic E-state index is 11.8. The Morgan fingerprint density at radius 3 is 2.48 bits per heavy atom. The van der Waals surface area contributed by atoms with Gasteiger partial charge in [-0.2, -0.15) is 0 Å². The molecule has 21 heavy (non-hydrogen) atoms. The monoisotopic (exact) mass is 302 g/mol. The summed E-state index contributed by atoms with van der Waals surface area (Å²) in [5.74, 6) is 0.839. The zero-order chi connectivity index (χ0) is 15.2. The quantitative estimate of drug-likeness (QED) is 0.480. The van der Waals surface area contributed by atoms with Crippen molar-refractivity contribution in [3.63, 3.8) is 0 Å². The molecule has 2 aromatic carbocycles. The topological polar surface area (TPSA) is 35.5 Å². The van der Waals surface area contributed by atoms with Gasteiger partial charge in [-0.05, 0) is 54.5 Å². The summed E-state index contributed by atoms with van der Waals surface area (Å²) in [4.78, 5) is 11.8. The molecule has 0 radical (unpaired) electrons. The minimum Gasteiger partial charge on any atom is -0.497 e. The minimum atomic E-state index is -0.434. The van der Waals surface area contributed by atoms with Crippen molar-refractivity contribution in [3.8, 4) is 11.5 Å². The van der Waals surface area contributed by atoms with Gasteiger partial charge >= 0.3 is 5.97 Å². The van der Waals surface area contributed by atoms with Crippen LogP contribution in [0.4, 0.5) is 0 Å². The molecule has 2 rings (SSSR count). The molecule has 0 aliphatic heterocycles. The molecule has 0 N–H and O–H groups in total. The Morgan fingerprint density at radius 2 is 1.86 bits per heavy atom. The first-order chi connectivity index (χ1) is 10.1. The second kappa shape index (κ2) is 6.95. The molecule has 0 aromatic heterocycles. The highest BCUT2D eigenvalue weighted by atomic mass is 35.5. The third-order valence-corrected chi connectivity index (χ3v) is 3.11. The Labute approximate surface area is 128 Å². The van der Waals surface area contributed by atoms with Crippen LogP contribution in [-0.4, -0.2) is 13.1 Å². The molecule has 4 heteroatoms. The van der Waals surface area contributed by atoms with Gasteiger partial charge in [-0.1, -0.05) is 23.7 Å². The molecule has 0 bridgehead atoms. The fourth-order valence-corrected chi connectivity index (χ4v) is 1.98. The maximum atomic E-state index is 11.8. The standard InChI is InChI=1S/C17H15ClO3/c1-12-11-14(18)6-9-16(12)21-17(19)10-5-13-3-7-15(20-2)8-4-13/h3-11H,1-2H3. The highest BCUT2D eigenvalue weighted by molar-refractivity contribution is 6.30. The number of hydrogen-bond acceptors (Lipinski definition) is 3. The van der Waals surface area contributed by atoms with Crippen LogP contribution in [0, 0.1) is 6.92 Å². The molecule has 0 unspecified atom stereocenters. The van der Waals surface area contributed by atoms with E-state index in [1.165, 1.54) is 6.08 Å². The fourth-order valence-electron chi connectivity index (χ4n) is 1.75. The molecule has 3 nitrogen and oxygen atoms in total. The van der Waals surface area contributed by atoms with E-state index in [1.807, 2.05) is 31.2 Å². The van der Waals surface area contributed by atoms with Crippen LogP contribution in [0.2, 0.25) is 5.02 Å². The number of esters is 1. The lowest BCUT2D eigenvalue weighted by Gasteiger charge is -2.05. The predicted molar refractivity (Wildman–Crippen MR) is 83.9 cm³/mol. The van der Waals surface area contributed by atoms with Crippen LogP contribution in [0.1, 0.15) is 11.1 Å². The van der Waals surface area contributed by atoms with Crippen molar-refractivity contribution >= 4 is 23.6 Å². The number of ether oxygens (including phenoxy) is 2. The van der Waals surface area contributed by atoms with Crippen LogP contribution < -0.4 is 9.47 Å². The highest BCUT2D eigenvalue weighted by Gasteiger charge is 2.04. The van der Waals surface area contributed by atoms with Crippen molar-refractivity contribution in [1.29, 1.82) is 0 Å².